The average molecular weight is 393 g/mol. The molecule has 0 radical (unpaired) electrons. The fourth-order valence-corrected chi connectivity index (χ4v) is 4.17. The number of furan rings is 1. The van der Waals surface area contributed by atoms with Crippen molar-refractivity contribution in [3.05, 3.63) is 60.2 Å². The molecule has 0 aliphatic carbocycles. The minimum absolute atomic E-state index is 0.00671. The van der Waals surface area contributed by atoms with Crippen LogP contribution in [0.1, 0.15) is 48.7 Å². The van der Waals surface area contributed by atoms with Crippen molar-refractivity contribution in [2.75, 3.05) is 13.1 Å². The highest BCUT2D eigenvalue weighted by Crippen LogP contribution is 2.33. The van der Waals surface area contributed by atoms with Crippen LogP contribution in [0.3, 0.4) is 0 Å². The topological polar surface area (TPSA) is 78.3 Å². The molecule has 4 rings (SSSR count). The first-order valence-electron chi connectivity index (χ1n) is 10.2. The van der Waals surface area contributed by atoms with Gasteiger partial charge in [-0.1, -0.05) is 32.0 Å². The summed E-state index contributed by atoms with van der Waals surface area (Å²) in [7, 11) is 0. The number of carbonyl (C=O) groups excluding carboxylic acids is 2. The van der Waals surface area contributed by atoms with Gasteiger partial charge in [-0.25, -0.2) is 0 Å². The Morgan fingerprint density at radius 1 is 1.14 bits per heavy atom. The molecule has 1 atom stereocenters. The number of H-pyrrole nitrogens is 1. The molecule has 6 nitrogen and oxygen atoms in total. The lowest BCUT2D eigenvalue weighted by Crippen LogP contribution is -2.52. The number of benzene rings is 1. The summed E-state index contributed by atoms with van der Waals surface area (Å²) in [5.41, 5.74) is 2.49. The van der Waals surface area contributed by atoms with E-state index in [1.807, 2.05) is 24.8 Å². The average Bonchev–Trinajstić information content (AvgIpc) is 3.41. The maximum atomic E-state index is 13.1. The van der Waals surface area contributed by atoms with E-state index in [1.165, 1.54) is 17.2 Å². The predicted molar refractivity (Wildman–Crippen MR) is 112 cm³/mol. The molecule has 1 saturated heterocycles. The molecule has 2 amide bonds. The van der Waals surface area contributed by atoms with Crippen LogP contribution in [-0.2, 0) is 4.79 Å². The monoisotopic (exact) mass is 393 g/mol. The Labute approximate surface area is 170 Å². The zero-order valence-corrected chi connectivity index (χ0v) is 16.9. The molecule has 0 bridgehead atoms. The van der Waals surface area contributed by atoms with E-state index in [1.54, 1.807) is 12.1 Å². The summed E-state index contributed by atoms with van der Waals surface area (Å²) >= 11 is 0. The van der Waals surface area contributed by atoms with Gasteiger partial charge in [-0.05, 0) is 48.4 Å². The fraction of sp³-hybridized carbons (Fsp3) is 0.391. The Morgan fingerprint density at radius 2 is 1.90 bits per heavy atom. The van der Waals surface area contributed by atoms with Crippen molar-refractivity contribution in [2.24, 2.45) is 5.92 Å². The number of likely N-dealkylation sites (tertiary alicyclic amines) is 1. The van der Waals surface area contributed by atoms with Gasteiger partial charge in [-0.3, -0.25) is 9.59 Å². The molecule has 1 aromatic carbocycles. The summed E-state index contributed by atoms with van der Waals surface area (Å²) in [5.74, 6) is 0.285. The molecule has 152 valence electrons. The van der Waals surface area contributed by atoms with Crippen LogP contribution < -0.4 is 5.32 Å². The van der Waals surface area contributed by atoms with Crippen LogP contribution in [0.2, 0.25) is 0 Å². The van der Waals surface area contributed by atoms with Crippen molar-refractivity contribution in [3.63, 3.8) is 0 Å². The minimum Gasteiger partial charge on any atom is -0.459 e. The number of amides is 2. The summed E-state index contributed by atoms with van der Waals surface area (Å²) in [6, 6.07) is 11.0. The van der Waals surface area contributed by atoms with Crippen LogP contribution in [0.15, 0.2) is 53.3 Å². The number of hydrogen-bond acceptors (Lipinski definition) is 3. The molecule has 3 aromatic rings. The number of fused-ring (bicyclic) bond motifs is 1. The molecule has 2 aromatic heterocycles. The van der Waals surface area contributed by atoms with Crippen molar-refractivity contribution >= 4 is 22.7 Å². The predicted octanol–water partition coefficient (Wildman–Crippen LogP) is 3.92. The van der Waals surface area contributed by atoms with Gasteiger partial charge in [-0.15, -0.1) is 0 Å². The lowest BCUT2D eigenvalue weighted by Gasteiger charge is -2.35. The summed E-state index contributed by atoms with van der Waals surface area (Å²) < 4.78 is 5.15. The highest BCUT2D eigenvalue weighted by atomic mass is 16.3. The Bertz CT molecular complexity index is 982. The molecule has 3 heterocycles. The smallest absolute Gasteiger partial charge is 0.287 e. The fourth-order valence-electron chi connectivity index (χ4n) is 4.17. The number of nitrogens with one attached hydrogen (secondary N) is 2. The van der Waals surface area contributed by atoms with Crippen molar-refractivity contribution in [3.8, 4) is 0 Å². The third-order valence-electron chi connectivity index (χ3n) is 5.83. The first-order valence-corrected chi connectivity index (χ1v) is 10.2. The van der Waals surface area contributed by atoms with E-state index >= 15 is 0 Å². The molecular formula is C23H27N3O3. The Balaban J connectivity index is 1.41. The third kappa shape index (κ3) is 3.92. The molecule has 1 unspecified atom stereocenters. The number of piperidine rings is 1. The first-order chi connectivity index (χ1) is 14.0. The molecule has 1 aliphatic heterocycles. The maximum Gasteiger partial charge on any atom is 0.287 e. The molecule has 0 saturated carbocycles. The van der Waals surface area contributed by atoms with E-state index in [-0.39, 0.29) is 23.5 Å². The van der Waals surface area contributed by atoms with E-state index in [4.69, 9.17) is 4.42 Å². The number of carbonyl (C=O) groups is 2. The standard InChI is InChI=1S/C23H27N3O3/c1-15(2)21(25-22(27)20-8-5-13-29-20)23(28)26-11-9-16(10-12-26)18-14-24-19-7-4-3-6-17(18)19/h3-8,13-16,21,24H,9-12H2,1-2H3,(H,25,27). The van der Waals surface area contributed by atoms with E-state index in [0.29, 0.717) is 19.0 Å². The van der Waals surface area contributed by atoms with Gasteiger partial charge < -0.3 is 19.6 Å². The van der Waals surface area contributed by atoms with Gasteiger partial charge in [0.15, 0.2) is 5.76 Å². The van der Waals surface area contributed by atoms with Crippen LogP contribution in [0.4, 0.5) is 0 Å². The molecule has 1 aliphatic rings. The summed E-state index contributed by atoms with van der Waals surface area (Å²) in [6.45, 7) is 5.29. The second kappa shape index (κ2) is 8.15. The van der Waals surface area contributed by atoms with E-state index < -0.39 is 6.04 Å². The van der Waals surface area contributed by atoms with Crippen molar-refractivity contribution in [2.45, 2.75) is 38.6 Å². The number of aromatic nitrogens is 1. The maximum absolute atomic E-state index is 13.1. The van der Waals surface area contributed by atoms with Gasteiger partial charge in [0.25, 0.3) is 5.91 Å². The number of hydrogen-bond donors (Lipinski definition) is 2. The van der Waals surface area contributed by atoms with Crippen LogP contribution >= 0.6 is 0 Å². The number of rotatable bonds is 5. The molecule has 2 N–H and O–H groups in total. The van der Waals surface area contributed by atoms with Gasteiger partial charge in [0, 0.05) is 30.2 Å². The van der Waals surface area contributed by atoms with Crippen molar-refractivity contribution < 1.29 is 14.0 Å². The molecule has 6 heteroatoms. The lowest BCUT2D eigenvalue weighted by atomic mass is 9.88. The SMILES string of the molecule is CC(C)C(NC(=O)c1ccco1)C(=O)N1CCC(c2c[nH]c3ccccc23)CC1. The number of aromatic amines is 1. The zero-order chi connectivity index (χ0) is 20.4. The second-order valence-electron chi connectivity index (χ2n) is 8.06. The Morgan fingerprint density at radius 3 is 2.59 bits per heavy atom. The van der Waals surface area contributed by atoms with Gasteiger partial charge in [0.05, 0.1) is 6.26 Å². The summed E-state index contributed by atoms with van der Waals surface area (Å²) in [6.07, 6.45) is 5.40. The normalized spacial score (nSPS) is 16.3. The highest BCUT2D eigenvalue weighted by molar-refractivity contribution is 5.95. The third-order valence-corrected chi connectivity index (χ3v) is 5.83. The van der Waals surface area contributed by atoms with Gasteiger partial charge in [0.1, 0.15) is 6.04 Å². The van der Waals surface area contributed by atoms with Gasteiger partial charge in [-0.2, -0.15) is 0 Å². The molecule has 0 spiro atoms. The molecule has 29 heavy (non-hydrogen) atoms. The lowest BCUT2D eigenvalue weighted by molar-refractivity contribution is -0.135. The van der Waals surface area contributed by atoms with Crippen LogP contribution in [0, 0.1) is 5.92 Å². The Kier molecular flexibility index (Phi) is 5.43. The van der Waals surface area contributed by atoms with Crippen molar-refractivity contribution in [1.82, 2.24) is 15.2 Å². The molecular weight excluding hydrogens is 366 g/mol. The minimum atomic E-state index is -0.558. The summed E-state index contributed by atoms with van der Waals surface area (Å²) in [4.78, 5) is 30.7. The quantitative estimate of drug-likeness (QED) is 0.690. The Hall–Kier alpha value is -3.02. The van der Waals surface area contributed by atoms with E-state index in [0.717, 1.165) is 18.4 Å². The highest BCUT2D eigenvalue weighted by Gasteiger charge is 2.32. The van der Waals surface area contributed by atoms with Crippen LogP contribution in [0.5, 0.6) is 0 Å². The first kappa shape index (κ1) is 19.3. The van der Waals surface area contributed by atoms with Gasteiger partial charge >= 0.3 is 0 Å². The van der Waals surface area contributed by atoms with E-state index in [2.05, 4.69) is 34.7 Å². The largest absolute Gasteiger partial charge is 0.459 e. The summed E-state index contributed by atoms with van der Waals surface area (Å²) in [5, 5.41) is 4.12. The molecule has 1 fully saturated rings. The zero-order valence-electron chi connectivity index (χ0n) is 16.9. The van der Waals surface area contributed by atoms with Gasteiger partial charge in [0.2, 0.25) is 5.91 Å². The van der Waals surface area contributed by atoms with Crippen molar-refractivity contribution in [1.29, 1.82) is 0 Å². The number of para-hydroxylation sites is 1. The van der Waals surface area contributed by atoms with E-state index in [9.17, 15) is 9.59 Å². The van der Waals surface area contributed by atoms with Crippen LogP contribution in [0.25, 0.3) is 10.9 Å². The second-order valence-corrected chi connectivity index (χ2v) is 8.06. The van der Waals surface area contributed by atoms with Crippen LogP contribution in [-0.4, -0.2) is 40.8 Å². The number of nitrogens with zero attached hydrogens (tertiary/aromatic N) is 1.